The molecule has 2 N–H and O–H groups in total. The summed E-state index contributed by atoms with van der Waals surface area (Å²) in [6.45, 7) is 0. The number of benzene rings is 1. The van der Waals surface area contributed by atoms with E-state index in [4.69, 9.17) is 17.3 Å². The molecule has 62 valence electrons. The first kappa shape index (κ1) is 8.29. The molecule has 0 saturated carbocycles. The van der Waals surface area contributed by atoms with Crippen LogP contribution in [0.5, 0.6) is 0 Å². The zero-order valence-electron chi connectivity index (χ0n) is 5.84. The Bertz CT molecular complexity index is 440. The average molecular weight is 264 g/mol. The largest absolute Gasteiger partial charge is 0.396 e. The molecule has 2 aromatic rings. The van der Waals surface area contributed by atoms with Crippen LogP contribution in [0.25, 0.3) is 10.2 Å². The van der Waals surface area contributed by atoms with Crippen LogP contribution in [0.2, 0.25) is 5.02 Å². The smallest absolute Gasteiger partial charge is 0.107 e. The van der Waals surface area contributed by atoms with Crippen LogP contribution in [0.1, 0.15) is 0 Å². The van der Waals surface area contributed by atoms with Gasteiger partial charge in [-0.1, -0.05) is 11.6 Å². The Morgan fingerprint density at radius 2 is 2.33 bits per heavy atom. The molecule has 12 heavy (non-hydrogen) atoms. The Kier molecular flexibility index (Phi) is 1.98. The zero-order chi connectivity index (χ0) is 8.72. The van der Waals surface area contributed by atoms with Gasteiger partial charge < -0.3 is 5.73 Å². The van der Waals surface area contributed by atoms with Gasteiger partial charge in [-0.05, 0) is 22.0 Å². The number of nitrogens with zero attached hydrogens (tertiary/aromatic N) is 1. The first-order valence-corrected chi connectivity index (χ1v) is 5.22. The van der Waals surface area contributed by atoms with Crippen LogP contribution in [0, 0.1) is 0 Å². The SMILES string of the molecule is Nc1c(Cl)cc(Br)c2scnc12. The molecule has 0 fully saturated rings. The number of fused-ring (bicyclic) bond motifs is 1. The van der Waals surface area contributed by atoms with E-state index in [2.05, 4.69) is 20.9 Å². The number of rotatable bonds is 0. The highest BCUT2D eigenvalue weighted by Gasteiger charge is 2.08. The molecule has 0 bridgehead atoms. The maximum atomic E-state index is 5.86. The molecule has 0 saturated heterocycles. The van der Waals surface area contributed by atoms with Crippen molar-refractivity contribution in [2.24, 2.45) is 0 Å². The van der Waals surface area contributed by atoms with Gasteiger partial charge in [0.05, 0.1) is 20.9 Å². The van der Waals surface area contributed by atoms with Crippen molar-refractivity contribution in [3.63, 3.8) is 0 Å². The molecule has 2 rings (SSSR count). The lowest BCUT2D eigenvalue weighted by atomic mass is 10.3. The molecule has 2 nitrogen and oxygen atoms in total. The molecule has 0 spiro atoms. The van der Waals surface area contributed by atoms with Gasteiger partial charge in [0.15, 0.2) is 0 Å². The molecule has 1 aromatic carbocycles. The van der Waals surface area contributed by atoms with Crippen molar-refractivity contribution in [3.05, 3.63) is 21.1 Å². The predicted molar refractivity (Wildman–Crippen MR) is 56.7 cm³/mol. The van der Waals surface area contributed by atoms with Crippen LogP contribution in [-0.2, 0) is 0 Å². The van der Waals surface area contributed by atoms with E-state index < -0.39 is 0 Å². The summed E-state index contributed by atoms with van der Waals surface area (Å²) in [6.07, 6.45) is 0. The molecule has 0 radical (unpaired) electrons. The molecule has 0 aliphatic rings. The highest BCUT2D eigenvalue weighted by atomic mass is 79.9. The van der Waals surface area contributed by atoms with Crippen molar-refractivity contribution < 1.29 is 0 Å². The molecule has 0 aliphatic carbocycles. The second kappa shape index (κ2) is 2.87. The van der Waals surface area contributed by atoms with Gasteiger partial charge in [0.1, 0.15) is 5.52 Å². The second-order valence-corrected chi connectivity index (χ2v) is 4.40. The summed E-state index contributed by atoms with van der Waals surface area (Å²) in [5, 5.41) is 0.542. The average Bonchev–Trinajstić information content (AvgIpc) is 2.48. The van der Waals surface area contributed by atoms with Gasteiger partial charge in [-0.3, -0.25) is 0 Å². The minimum absolute atomic E-state index is 0.542. The van der Waals surface area contributed by atoms with Crippen LogP contribution < -0.4 is 5.73 Å². The second-order valence-electron chi connectivity index (χ2n) is 2.28. The lowest BCUT2D eigenvalue weighted by Crippen LogP contribution is -1.87. The predicted octanol–water partition coefficient (Wildman–Crippen LogP) is 3.29. The van der Waals surface area contributed by atoms with Crippen LogP contribution in [0.15, 0.2) is 16.0 Å². The molecule has 0 aliphatic heterocycles. The minimum atomic E-state index is 0.542. The fourth-order valence-electron chi connectivity index (χ4n) is 0.975. The Labute approximate surface area is 86.5 Å². The maximum Gasteiger partial charge on any atom is 0.107 e. The quantitative estimate of drug-likeness (QED) is 0.741. The van der Waals surface area contributed by atoms with Crippen LogP contribution in [-0.4, -0.2) is 4.98 Å². The van der Waals surface area contributed by atoms with E-state index in [0.717, 1.165) is 14.7 Å². The van der Waals surface area contributed by atoms with Gasteiger partial charge in [-0.25, -0.2) is 4.98 Å². The molecular weight excluding hydrogens is 260 g/mol. The van der Waals surface area contributed by atoms with Crippen molar-refractivity contribution in [1.29, 1.82) is 0 Å². The van der Waals surface area contributed by atoms with Crippen molar-refractivity contribution in [2.45, 2.75) is 0 Å². The molecule has 0 atom stereocenters. The van der Waals surface area contributed by atoms with Gasteiger partial charge >= 0.3 is 0 Å². The van der Waals surface area contributed by atoms with E-state index in [1.165, 1.54) is 0 Å². The van der Waals surface area contributed by atoms with Crippen LogP contribution >= 0.6 is 38.9 Å². The summed E-state index contributed by atoms with van der Waals surface area (Å²) in [7, 11) is 0. The third-order valence-corrected chi connectivity index (χ3v) is 3.61. The third-order valence-electron chi connectivity index (χ3n) is 1.55. The number of nitrogen functional groups attached to an aromatic ring is 1. The number of hydrogen-bond acceptors (Lipinski definition) is 3. The fourth-order valence-corrected chi connectivity index (χ4v) is 2.71. The van der Waals surface area contributed by atoms with Crippen molar-refractivity contribution in [1.82, 2.24) is 4.98 Å². The first-order valence-electron chi connectivity index (χ1n) is 3.17. The van der Waals surface area contributed by atoms with E-state index in [1.807, 2.05) is 0 Å². The maximum absolute atomic E-state index is 5.86. The Morgan fingerprint density at radius 3 is 3.08 bits per heavy atom. The van der Waals surface area contributed by atoms with Gasteiger partial charge in [0.25, 0.3) is 0 Å². The summed E-state index contributed by atoms with van der Waals surface area (Å²) in [5.74, 6) is 0. The normalized spacial score (nSPS) is 10.8. The topological polar surface area (TPSA) is 38.9 Å². The fraction of sp³-hybridized carbons (Fsp3) is 0. The summed E-state index contributed by atoms with van der Waals surface area (Å²) in [6, 6.07) is 1.79. The van der Waals surface area contributed by atoms with Gasteiger partial charge in [-0.2, -0.15) is 0 Å². The Morgan fingerprint density at radius 1 is 1.58 bits per heavy atom. The van der Waals surface area contributed by atoms with E-state index in [-0.39, 0.29) is 0 Å². The standard InChI is InChI=1S/C7H4BrClN2S/c8-3-1-4(9)5(10)6-7(3)12-2-11-6/h1-2H,10H2. The molecule has 5 heteroatoms. The van der Waals surface area contributed by atoms with E-state index in [9.17, 15) is 0 Å². The molecule has 0 unspecified atom stereocenters. The summed E-state index contributed by atoms with van der Waals surface area (Å²) < 4.78 is 1.98. The van der Waals surface area contributed by atoms with Crippen LogP contribution in [0.4, 0.5) is 5.69 Å². The zero-order valence-corrected chi connectivity index (χ0v) is 9.00. The lowest BCUT2D eigenvalue weighted by molar-refractivity contribution is 1.50. The van der Waals surface area contributed by atoms with Crippen LogP contribution in [0.3, 0.4) is 0 Å². The van der Waals surface area contributed by atoms with Crippen molar-refractivity contribution in [2.75, 3.05) is 5.73 Å². The third kappa shape index (κ3) is 1.11. The summed E-state index contributed by atoms with van der Waals surface area (Å²) in [4.78, 5) is 4.12. The Hall–Kier alpha value is -0.320. The highest BCUT2D eigenvalue weighted by molar-refractivity contribution is 9.10. The van der Waals surface area contributed by atoms with E-state index >= 15 is 0 Å². The number of anilines is 1. The molecule has 0 amide bonds. The number of thiazole rings is 1. The minimum Gasteiger partial charge on any atom is -0.396 e. The number of halogens is 2. The molecule has 1 aromatic heterocycles. The van der Waals surface area contributed by atoms with E-state index in [0.29, 0.717) is 10.7 Å². The highest BCUT2D eigenvalue weighted by Crippen LogP contribution is 2.35. The lowest BCUT2D eigenvalue weighted by Gasteiger charge is -1.99. The molecule has 1 heterocycles. The first-order chi connectivity index (χ1) is 5.70. The van der Waals surface area contributed by atoms with Gasteiger partial charge in [0, 0.05) is 4.47 Å². The van der Waals surface area contributed by atoms with E-state index in [1.54, 1.807) is 22.9 Å². The Balaban J connectivity index is 2.97. The number of nitrogens with two attached hydrogens (primary N) is 1. The number of hydrogen-bond donors (Lipinski definition) is 1. The summed E-state index contributed by atoms with van der Waals surface area (Å²) >= 11 is 10.8. The monoisotopic (exact) mass is 262 g/mol. The molecular formula is C7H4BrClN2S. The van der Waals surface area contributed by atoms with Gasteiger partial charge in [-0.15, -0.1) is 11.3 Å². The van der Waals surface area contributed by atoms with Crippen molar-refractivity contribution >= 4 is 54.8 Å². The number of aromatic nitrogens is 1. The van der Waals surface area contributed by atoms with Gasteiger partial charge in [0.2, 0.25) is 0 Å². The summed E-state index contributed by atoms with van der Waals surface area (Å²) in [5.41, 5.74) is 8.80. The van der Waals surface area contributed by atoms with Crippen molar-refractivity contribution in [3.8, 4) is 0 Å².